The first-order valence-electron chi connectivity index (χ1n) is 7.79. The molecule has 8 heteroatoms. The van der Waals surface area contributed by atoms with Crippen LogP contribution in [0, 0.1) is 0 Å². The highest BCUT2D eigenvalue weighted by atomic mass is 79.9. The summed E-state index contributed by atoms with van der Waals surface area (Å²) in [5, 5.41) is 4.86. The molecule has 1 heterocycles. The Morgan fingerprint density at radius 3 is 2.48 bits per heavy atom. The third-order valence-electron chi connectivity index (χ3n) is 3.51. The van der Waals surface area contributed by atoms with Gasteiger partial charge in [0.15, 0.2) is 11.7 Å². The number of rotatable bonds is 6. The topological polar surface area (TPSA) is 85.4 Å². The summed E-state index contributed by atoms with van der Waals surface area (Å²) in [5.41, 5.74) is 2.39. The van der Waals surface area contributed by atoms with Crippen molar-refractivity contribution < 1.29 is 19.1 Å². The summed E-state index contributed by atoms with van der Waals surface area (Å²) in [6.07, 6.45) is 0.680. The van der Waals surface area contributed by atoms with Gasteiger partial charge in [-0.25, -0.2) is 9.78 Å². The van der Waals surface area contributed by atoms with Gasteiger partial charge in [0.05, 0.1) is 11.3 Å². The molecule has 0 radical (unpaired) electrons. The minimum absolute atomic E-state index is 0.264. The van der Waals surface area contributed by atoms with Crippen LogP contribution in [0.25, 0.3) is 11.3 Å². The molecule has 0 unspecified atom stereocenters. The highest BCUT2D eigenvalue weighted by Crippen LogP contribution is 2.26. The van der Waals surface area contributed by atoms with Crippen molar-refractivity contribution in [3.63, 3.8) is 0 Å². The average Bonchev–Trinajstić information content (AvgIpc) is 3.15. The second-order valence-corrected chi connectivity index (χ2v) is 7.18. The van der Waals surface area contributed by atoms with Crippen LogP contribution < -0.4 is 5.32 Å². The molecular weight excluding hydrogens is 432 g/mol. The highest BCUT2D eigenvalue weighted by Gasteiger charge is 2.12. The smallest absolute Gasteiger partial charge is 0.338 e. The summed E-state index contributed by atoms with van der Waals surface area (Å²) in [7, 11) is 0. The van der Waals surface area contributed by atoms with Crippen molar-refractivity contribution in [1.82, 2.24) is 4.98 Å². The fourth-order valence-electron chi connectivity index (χ4n) is 2.15. The third-order valence-corrected chi connectivity index (χ3v) is 4.79. The fraction of sp³-hybridized carbons (Fsp3) is 0.0526. The van der Waals surface area contributed by atoms with Crippen molar-refractivity contribution >= 4 is 50.6 Å². The van der Waals surface area contributed by atoms with E-state index in [1.165, 1.54) is 35.6 Å². The van der Waals surface area contributed by atoms with Gasteiger partial charge in [-0.1, -0.05) is 40.2 Å². The summed E-state index contributed by atoms with van der Waals surface area (Å²) in [6.45, 7) is -0.429. The standard InChI is InChI=1S/C19H13BrN2O4S/c20-15-7-5-13(6-8-15)16-11-27-19(21-16)22-17(24)10-26-18(25)14-3-1-12(9-23)2-4-14/h1-9,11H,10H2,(H,21,22,24). The highest BCUT2D eigenvalue weighted by molar-refractivity contribution is 9.10. The Labute approximate surface area is 167 Å². The predicted octanol–water partition coefficient (Wildman–Crippen LogP) is 4.18. The Bertz CT molecular complexity index is 968. The molecule has 1 amide bonds. The lowest BCUT2D eigenvalue weighted by Gasteiger charge is -2.05. The number of benzene rings is 2. The van der Waals surface area contributed by atoms with Crippen molar-refractivity contribution in [3.8, 4) is 11.3 Å². The van der Waals surface area contributed by atoms with E-state index in [-0.39, 0.29) is 5.56 Å². The quantitative estimate of drug-likeness (QED) is 0.455. The van der Waals surface area contributed by atoms with Crippen LogP contribution in [0.3, 0.4) is 0 Å². The van der Waals surface area contributed by atoms with E-state index in [9.17, 15) is 14.4 Å². The Balaban J connectivity index is 1.54. The molecule has 0 spiro atoms. The molecule has 0 aliphatic carbocycles. The molecule has 0 atom stereocenters. The number of aldehydes is 1. The van der Waals surface area contributed by atoms with E-state index in [2.05, 4.69) is 26.2 Å². The van der Waals surface area contributed by atoms with Gasteiger partial charge in [0.25, 0.3) is 5.91 Å². The maximum absolute atomic E-state index is 12.0. The Kier molecular flexibility index (Phi) is 6.10. The number of carbonyl (C=O) groups is 3. The largest absolute Gasteiger partial charge is 0.452 e. The molecule has 0 fully saturated rings. The number of nitrogens with one attached hydrogen (secondary N) is 1. The molecule has 136 valence electrons. The van der Waals surface area contributed by atoms with Gasteiger partial charge < -0.3 is 4.74 Å². The Morgan fingerprint density at radius 1 is 1.11 bits per heavy atom. The van der Waals surface area contributed by atoms with Gasteiger partial charge >= 0.3 is 5.97 Å². The zero-order valence-corrected chi connectivity index (χ0v) is 16.2. The van der Waals surface area contributed by atoms with Crippen molar-refractivity contribution in [2.75, 3.05) is 11.9 Å². The Morgan fingerprint density at radius 2 is 1.81 bits per heavy atom. The lowest BCUT2D eigenvalue weighted by atomic mass is 10.1. The van der Waals surface area contributed by atoms with Gasteiger partial charge in [0.1, 0.15) is 6.29 Å². The van der Waals surface area contributed by atoms with E-state index >= 15 is 0 Å². The van der Waals surface area contributed by atoms with E-state index in [1.807, 2.05) is 29.6 Å². The van der Waals surface area contributed by atoms with E-state index < -0.39 is 18.5 Å². The summed E-state index contributed by atoms with van der Waals surface area (Å²) >= 11 is 4.66. The molecule has 2 aromatic carbocycles. The van der Waals surface area contributed by atoms with Crippen molar-refractivity contribution in [2.24, 2.45) is 0 Å². The van der Waals surface area contributed by atoms with Crippen molar-refractivity contribution in [3.05, 3.63) is 69.5 Å². The van der Waals surface area contributed by atoms with Crippen molar-refractivity contribution in [1.29, 1.82) is 0 Å². The summed E-state index contributed by atoms with van der Waals surface area (Å²) in [4.78, 5) is 38.8. The number of hydrogen-bond donors (Lipinski definition) is 1. The predicted molar refractivity (Wildman–Crippen MR) is 106 cm³/mol. The minimum atomic E-state index is -0.641. The number of ether oxygens (including phenoxy) is 1. The molecule has 1 N–H and O–H groups in total. The van der Waals surface area contributed by atoms with Crippen LogP contribution in [0.2, 0.25) is 0 Å². The second-order valence-electron chi connectivity index (χ2n) is 5.41. The lowest BCUT2D eigenvalue weighted by Crippen LogP contribution is -2.20. The zero-order chi connectivity index (χ0) is 19.2. The lowest BCUT2D eigenvalue weighted by molar-refractivity contribution is -0.119. The van der Waals surface area contributed by atoms with Gasteiger partial charge in [-0.3, -0.25) is 14.9 Å². The molecule has 3 aromatic rings. The van der Waals surface area contributed by atoms with Gasteiger partial charge in [0, 0.05) is 21.0 Å². The van der Waals surface area contributed by atoms with Crippen LogP contribution in [0.5, 0.6) is 0 Å². The van der Waals surface area contributed by atoms with Crippen LogP contribution in [0.15, 0.2) is 58.4 Å². The molecule has 0 bridgehead atoms. The number of thiazole rings is 1. The molecule has 1 aromatic heterocycles. The zero-order valence-electron chi connectivity index (χ0n) is 13.8. The maximum Gasteiger partial charge on any atom is 0.338 e. The number of carbonyl (C=O) groups excluding carboxylic acids is 3. The molecular formula is C19H13BrN2O4S. The monoisotopic (exact) mass is 444 g/mol. The third kappa shape index (κ3) is 5.08. The molecule has 0 aliphatic rings. The number of amides is 1. The first-order valence-corrected chi connectivity index (χ1v) is 9.46. The summed E-state index contributed by atoms with van der Waals surface area (Å²) in [6, 6.07) is 13.6. The van der Waals surface area contributed by atoms with Gasteiger partial charge in [-0.05, 0) is 24.3 Å². The van der Waals surface area contributed by atoms with Crippen LogP contribution in [-0.4, -0.2) is 29.8 Å². The fourth-order valence-corrected chi connectivity index (χ4v) is 3.15. The molecule has 27 heavy (non-hydrogen) atoms. The van der Waals surface area contributed by atoms with E-state index in [1.54, 1.807) is 0 Å². The van der Waals surface area contributed by atoms with Crippen LogP contribution >= 0.6 is 27.3 Å². The first kappa shape index (κ1) is 18.9. The average molecular weight is 445 g/mol. The van der Waals surface area contributed by atoms with E-state index in [4.69, 9.17) is 4.74 Å². The van der Waals surface area contributed by atoms with Crippen LogP contribution in [-0.2, 0) is 9.53 Å². The number of esters is 1. The summed E-state index contributed by atoms with van der Waals surface area (Å²) < 4.78 is 5.94. The van der Waals surface area contributed by atoms with Crippen LogP contribution in [0.4, 0.5) is 5.13 Å². The molecule has 6 nitrogen and oxygen atoms in total. The second kappa shape index (κ2) is 8.70. The maximum atomic E-state index is 12.0. The number of nitrogens with zero attached hydrogens (tertiary/aromatic N) is 1. The minimum Gasteiger partial charge on any atom is -0.452 e. The number of anilines is 1. The van der Waals surface area contributed by atoms with Crippen LogP contribution in [0.1, 0.15) is 20.7 Å². The molecule has 0 aliphatic heterocycles. The normalized spacial score (nSPS) is 10.3. The van der Waals surface area contributed by atoms with Gasteiger partial charge in [-0.15, -0.1) is 11.3 Å². The molecule has 3 rings (SSSR count). The SMILES string of the molecule is O=Cc1ccc(C(=O)OCC(=O)Nc2nc(-c3ccc(Br)cc3)cs2)cc1. The first-order chi connectivity index (χ1) is 13.0. The van der Waals surface area contributed by atoms with E-state index in [0.29, 0.717) is 17.0 Å². The Hall–Kier alpha value is -2.84. The molecule has 0 saturated heterocycles. The van der Waals surface area contributed by atoms with Gasteiger partial charge in [0.2, 0.25) is 0 Å². The molecule has 0 saturated carbocycles. The number of aromatic nitrogens is 1. The summed E-state index contributed by atoms with van der Waals surface area (Å²) in [5.74, 6) is -1.12. The number of halogens is 1. The number of hydrogen-bond acceptors (Lipinski definition) is 6. The van der Waals surface area contributed by atoms with Crippen molar-refractivity contribution in [2.45, 2.75) is 0 Å². The van der Waals surface area contributed by atoms with Gasteiger partial charge in [-0.2, -0.15) is 0 Å². The van der Waals surface area contributed by atoms with E-state index in [0.717, 1.165) is 15.7 Å².